The van der Waals surface area contributed by atoms with E-state index in [2.05, 4.69) is 0 Å². The first-order valence-electron chi connectivity index (χ1n) is 3.46. The molecule has 0 aliphatic carbocycles. The van der Waals surface area contributed by atoms with Crippen LogP contribution in [0.15, 0.2) is 18.2 Å². The molecular weight excluding hydrogens is 321 g/mol. The maximum atomic E-state index is 5.95. The number of hydrogen-bond acceptors (Lipinski definition) is 2. The van der Waals surface area contributed by atoms with Gasteiger partial charge < -0.3 is 0 Å². The first-order chi connectivity index (χ1) is 6.38. The number of benzene rings is 1. The summed E-state index contributed by atoms with van der Waals surface area (Å²) < 4.78 is -2.26. The minimum Gasteiger partial charge on any atom is -0.0899 e. The Morgan fingerprint density at radius 3 is 2.43 bits per heavy atom. The van der Waals surface area contributed by atoms with Gasteiger partial charge in [0.2, 0.25) is 0 Å². The van der Waals surface area contributed by atoms with Gasteiger partial charge in [-0.25, -0.2) is 0 Å². The molecule has 0 heterocycles. The Bertz CT molecular complexity index is 376. The van der Waals surface area contributed by atoms with Crippen molar-refractivity contribution in [2.45, 2.75) is 5.75 Å². The topological polar surface area (TPSA) is 0 Å². The van der Waals surface area contributed by atoms with Gasteiger partial charge in [0, 0.05) is 15.8 Å². The van der Waals surface area contributed by atoms with E-state index in [4.69, 9.17) is 57.5 Å². The summed E-state index contributed by atoms with van der Waals surface area (Å²) in [4.78, 5) is 0. The molecule has 1 aromatic carbocycles. The lowest BCUT2D eigenvalue weighted by atomic mass is 10.2. The van der Waals surface area contributed by atoms with Crippen LogP contribution in [-0.4, -0.2) is 0 Å². The van der Waals surface area contributed by atoms with Gasteiger partial charge in [-0.2, -0.15) is 0 Å². The van der Waals surface area contributed by atoms with E-state index in [0.717, 1.165) is 5.56 Å². The van der Waals surface area contributed by atoms with E-state index >= 15 is 0 Å². The van der Waals surface area contributed by atoms with E-state index in [-0.39, 0.29) is 0 Å². The maximum absolute atomic E-state index is 5.95. The first-order valence-corrected chi connectivity index (χ1v) is 10.4. The molecule has 1 rings (SSSR count). The summed E-state index contributed by atoms with van der Waals surface area (Å²) in [6.45, 7) is 0. The molecule has 0 radical (unpaired) electrons. The smallest absolute Gasteiger partial charge is 0.0899 e. The number of hydrogen-bond donors (Lipinski definition) is 0. The fourth-order valence-corrected chi connectivity index (χ4v) is 4.10. The molecule has 0 atom stereocenters. The van der Waals surface area contributed by atoms with Crippen molar-refractivity contribution < 1.29 is 0 Å². The van der Waals surface area contributed by atoms with Crippen molar-refractivity contribution in [3.05, 3.63) is 33.8 Å². The molecule has 0 aliphatic rings. The Morgan fingerprint density at radius 1 is 1.29 bits per heavy atom. The van der Waals surface area contributed by atoms with E-state index in [0.29, 0.717) is 15.8 Å². The Morgan fingerprint density at radius 2 is 1.93 bits per heavy atom. The highest BCUT2D eigenvalue weighted by Crippen LogP contribution is 2.69. The summed E-state index contributed by atoms with van der Waals surface area (Å²) in [5.74, 6) is 0.611. The lowest BCUT2D eigenvalue weighted by Crippen LogP contribution is -1.80. The molecule has 0 spiro atoms. The van der Waals surface area contributed by atoms with Crippen molar-refractivity contribution in [3.8, 4) is 0 Å². The van der Waals surface area contributed by atoms with E-state index < -0.39 is 3.95 Å². The quantitative estimate of drug-likeness (QED) is 0.632. The monoisotopic (exact) mass is 324 g/mol. The van der Waals surface area contributed by atoms with Gasteiger partial charge in [-0.05, 0) is 17.7 Å². The molecule has 0 nitrogen and oxygen atoms in total. The van der Waals surface area contributed by atoms with Gasteiger partial charge in [-0.15, -0.1) is 0 Å². The maximum Gasteiger partial charge on any atom is 0.171 e. The van der Waals surface area contributed by atoms with E-state index in [1.54, 1.807) is 12.1 Å². The normalized spacial score (nSPS) is 11.7. The molecule has 0 unspecified atom stereocenters. The third-order valence-corrected chi connectivity index (χ3v) is 6.71. The average molecular weight is 326 g/mol. The highest BCUT2D eigenvalue weighted by molar-refractivity contribution is 8.85. The van der Waals surface area contributed by atoms with Gasteiger partial charge >= 0.3 is 0 Å². The van der Waals surface area contributed by atoms with Crippen LogP contribution in [0.4, 0.5) is 0 Å². The minimum atomic E-state index is -2.26. The van der Waals surface area contributed by atoms with Gasteiger partial charge in [0.1, 0.15) is 0 Å². The van der Waals surface area contributed by atoms with Crippen molar-refractivity contribution in [1.29, 1.82) is 0 Å². The molecule has 14 heavy (non-hydrogen) atoms. The molecule has 1 aromatic rings. The zero-order valence-electron chi connectivity index (χ0n) is 6.71. The predicted molar refractivity (Wildman–Crippen MR) is 73.7 cm³/mol. The Kier molecular flexibility index (Phi) is 5.41. The standard InChI is InChI=1S/C7H5Cl4PS2/c8-6-2-1-5(7(9)3-6)4-14-12(10,11)13/h1-3H,4H2. The Hall–Kier alpha value is 1.38. The molecular formula is C7H5Cl4PS2. The molecule has 78 valence electrons. The zero-order chi connectivity index (χ0) is 10.8. The molecule has 0 aromatic heterocycles. The van der Waals surface area contributed by atoms with Crippen molar-refractivity contribution in [1.82, 2.24) is 0 Å². The lowest BCUT2D eigenvalue weighted by Gasteiger charge is -2.06. The highest BCUT2D eigenvalue weighted by Gasteiger charge is 2.10. The molecule has 0 amide bonds. The summed E-state index contributed by atoms with van der Waals surface area (Å²) in [7, 11) is 0. The van der Waals surface area contributed by atoms with Crippen LogP contribution in [-0.2, 0) is 17.6 Å². The molecule has 7 heteroatoms. The predicted octanol–water partition coefficient (Wildman–Crippen LogP) is 5.93. The summed E-state index contributed by atoms with van der Waals surface area (Å²) >= 11 is 29.4. The van der Waals surface area contributed by atoms with Crippen molar-refractivity contribution >= 4 is 72.8 Å². The van der Waals surface area contributed by atoms with Crippen molar-refractivity contribution in [2.75, 3.05) is 0 Å². The van der Waals surface area contributed by atoms with Gasteiger partial charge in [0.05, 0.1) is 0 Å². The molecule has 0 saturated heterocycles. The van der Waals surface area contributed by atoms with E-state index in [9.17, 15) is 0 Å². The van der Waals surface area contributed by atoms with Gasteiger partial charge in [0.15, 0.2) is 3.95 Å². The van der Waals surface area contributed by atoms with E-state index in [1.165, 1.54) is 11.4 Å². The molecule has 0 saturated carbocycles. The number of rotatable bonds is 3. The van der Waals surface area contributed by atoms with E-state index in [1.807, 2.05) is 6.07 Å². The third kappa shape index (κ3) is 4.94. The van der Waals surface area contributed by atoms with Gasteiger partial charge in [-0.3, -0.25) is 0 Å². The van der Waals surface area contributed by atoms with Crippen LogP contribution < -0.4 is 0 Å². The highest BCUT2D eigenvalue weighted by atomic mass is 35.9. The molecule has 0 fully saturated rings. The third-order valence-electron chi connectivity index (χ3n) is 1.39. The van der Waals surface area contributed by atoms with Crippen LogP contribution >= 0.6 is 61.0 Å². The molecule has 0 N–H and O–H groups in total. The van der Waals surface area contributed by atoms with Crippen LogP contribution in [0.1, 0.15) is 5.56 Å². The SMILES string of the molecule is S=P(Cl)(Cl)SCc1ccc(Cl)cc1Cl. The Labute approximate surface area is 112 Å². The summed E-state index contributed by atoms with van der Waals surface area (Å²) in [6.07, 6.45) is 0. The van der Waals surface area contributed by atoms with Crippen LogP contribution in [0.5, 0.6) is 0 Å². The molecule has 0 bridgehead atoms. The lowest BCUT2D eigenvalue weighted by molar-refractivity contribution is 1.43. The summed E-state index contributed by atoms with van der Waals surface area (Å²) in [6, 6.07) is 5.30. The Balaban J connectivity index is 2.73. The average Bonchev–Trinajstić information content (AvgIpc) is 2.00. The number of halogens is 4. The first kappa shape index (κ1) is 13.4. The second-order valence-electron chi connectivity index (χ2n) is 2.42. The second kappa shape index (κ2) is 5.63. The summed E-state index contributed by atoms with van der Waals surface area (Å²) in [5, 5.41) is 1.22. The fourth-order valence-electron chi connectivity index (χ4n) is 0.783. The molecule has 0 aliphatic heterocycles. The largest absolute Gasteiger partial charge is 0.171 e. The fraction of sp³-hybridized carbons (Fsp3) is 0.143. The van der Waals surface area contributed by atoms with Crippen LogP contribution in [0.25, 0.3) is 0 Å². The second-order valence-corrected chi connectivity index (χ2v) is 15.4. The van der Waals surface area contributed by atoms with Gasteiger partial charge in [-0.1, -0.05) is 74.9 Å². The van der Waals surface area contributed by atoms with Crippen LogP contribution in [0.3, 0.4) is 0 Å². The zero-order valence-corrected chi connectivity index (χ0v) is 12.3. The minimum absolute atomic E-state index is 0.611. The van der Waals surface area contributed by atoms with Gasteiger partial charge in [0.25, 0.3) is 0 Å². The summed E-state index contributed by atoms with van der Waals surface area (Å²) in [5.41, 5.74) is 0.941. The van der Waals surface area contributed by atoms with Crippen molar-refractivity contribution in [2.24, 2.45) is 0 Å². The van der Waals surface area contributed by atoms with Crippen molar-refractivity contribution in [3.63, 3.8) is 0 Å². The van der Waals surface area contributed by atoms with Crippen LogP contribution in [0, 0.1) is 0 Å². The van der Waals surface area contributed by atoms with Crippen LogP contribution in [0.2, 0.25) is 10.0 Å².